The minimum atomic E-state index is 0.516. The Morgan fingerprint density at radius 1 is 1.50 bits per heavy atom. The summed E-state index contributed by atoms with van der Waals surface area (Å²) in [6, 6.07) is 1.70. The Bertz CT molecular complexity index is 450. The van der Waals surface area contributed by atoms with Crippen LogP contribution in [0, 0.1) is 5.92 Å². The van der Waals surface area contributed by atoms with Crippen molar-refractivity contribution in [2.24, 2.45) is 5.92 Å². The molecule has 0 unspecified atom stereocenters. The minimum absolute atomic E-state index is 0.516. The molecule has 74 valence electrons. The molecular weight excluding hydrogens is 200 g/mol. The van der Waals surface area contributed by atoms with Crippen LogP contribution in [0.25, 0.3) is 11.2 Å². The van der Waals surface area contributed by atoms with Gasteiger partial charge in [-0.25, -0.2) is 4.98 Å². The average molecular weight is 211 g/mol. The first kappa shape index (κ1) is 9.46. The third-order valence-corrected chi connectivity index (χ3v) is 2.17. The molecule has 0 N–H and O–H groups in total. The van der Waals surface area contributed by atoms with Crippen molar-refractivity contribution in [3.05, 3.63) is 23.2 Å². The van der Waals surface area contributed by atoms with Crippen LogP contribution in [0.1, 0.15) is 19.7 Å². The molecule has 0 aliphatic heterocycles. The number of hydrogen-bond acceptors (Lipinski definition) is 3. The lowest BCUT2D eigenvalue weighted by Gasteiger charge is -1.96. The zero-order valence-corrected chi connectivity index (χ0v) is 8.88. The number of fused-ring (bicyclic) bond motifs is 1. The second-order valence-electron chi connectivity index (χ2n) is 3.65. The highest BCUT2D eigenvalue weighted by Crippen LogP contribution is 2.23. The summed E-state index contributed by atoms with van der Waals surface area (Å²) < 4.78 is 5.50. The lowest BCUT2D eigenvalue weighted by atomic mass is 10.1. The quantitative estimate of drug-likeness (QED) is 0.765. The maximum atomic E-state index is 5.93. The van der Waals surface area contributed by atoms with E-state index in [1.807, 2.05) is 0 Å². The topological polar surface area (TPSA) is 38.9 Å². The van der Waals surface area contributed by atoms with Crippen molar-refractivity contribution >= 4 is 22.8 Å². The van der Waals surface area contributed by atoms with Gasteiger partial charge in [0.2, 0.25) is 0 Å². The maximum absolute atomic E-state index is 5.93. The van der Waals surface area contributed by atoms with Gasteiger partial charge in [-0.15, -0.1) is 0 Å². The Balaban J connectivity index is 2.46. The third-order valence-electron chi connectivity index (χ3n) is 1.87. The summed E-state index contributed by atoms with van der Waals surface area (Å²) in [7, 11) is 0. The van der Waals surface area contributed by atoms with Gasteiger partial charge in [0.15, 0.2) is 17.1 Å². The first-order valence-corrected chi connectivity index (χ1v) is 4.94. The van der Waals surface area contributed by atoms with Crippen molar-refractivity contribution in [2.75, 3.05) is 0 Å². The minimum Gasteiger partial charge on any atom is -0.437 e. The van der Waals surface area contributed by atoms with Gasteiger partial charge in [0, 0.05) is 12.6 Å². The van der Waals surface area contributed by atoms with E-state index in [1.54, 1.807) is 12.3 Å². The van der Waals surface area contributed by atoms with Gasteiger partial charge in [-0.05, 0) is 12.0 Å². The second-order valence-corrected chi connectivity index (χ2v) is 4.06. The van der Waals surface area contributed by atoms with Crippen molar-refractivity contribution < 1.29 is 4.42 Å². The average Bonchev–Trinajstić information content (AvgIpc) is 2.47. The molecule has 0 radical (unpaired) electrons. The van der Waals surface area contributed by atoms with Crippen LogP contribution in [0.4, 0.5) is 0 Å². The Hall–Kier alpha value is -1.09. The SMILES string of the molecule is CC(C)Cc1nc2nccc(Cl)c2o1. The highest BCUT2D eigenvalue weighted by molar-refractivity contribution is 6.34. The Morgan fingerprint density at radius 3 is 2.93 bits per heavy atom. The van der Waals surface area contributed by atoms with Gasteiger partial charge in [-0.3, -0.25) is 0 Å². The van der Waals surface area contributed by atoms with Gasteiger partial charge in [-0.2, -0.15) is 4.98 Å². The highest BCUT2D eigenvalue weighted by Gasteiger charge is 2.10. The number of aromatic nitrogens is 2. The van der Waals surface area contributed by atoms with E-state index in [0.717, 1.165) is 6.42 Å². The number of oxazole rings is 1. The summed E-state index contributed by atoms with van der Waals surface area (Å²) in [5.41, 5.74) is 1.18. The van der Waals surface area contributed by atoms with Gasteiger partial charge in [0.1, 0.15) is 0 Å². The van der Waals surface area contributed by atoms with E-state index in [-0.39, 0.29) is 0 Å². The molecule has 2 aromatic rings. The number of rotatable bonds is 2. The summed E-state index contributed by atoms with van der Waals surface area (Å²) in [6.45, 7) is 4.23. The molecule has 0 aliphatic carbocycles. The zero-order chi connectivity index (χ0) is 10.1. The second kappa shape index (κ2) is 3.58. The van der Waals surface area contributed by atoms with E-state index in [1.165, 1.54) is 0 Å². The first-order chi connectivity index (χ1) is 6.66. The third kappa shape index (κ3) is 1.73. The molecule has 14 heavy (non-hydrogen) atoms. The molecule has 0 saturated heterocycles. The molecule has 0 fully saturated rings. The van der Waals surface area contributed by atoms with E-state index in [9.17, 15) is 0 Å². The number of halogens is 1. The van der Waals surface area contributed by atoms with E-state index >= 15 is 0 Å². The molecule has 2 rings (SSSR count). The van der Waals surface area contributed by atoms with Crippen LogP contribution in [-0.4, -0.2) is 9.97 Å². The number of hydrogen-bond donors (Lipinski definition) is 0. The van der Waals surface area contributed by atoms with Crippen LogP contribution >= 0.6 is 11.6 Å². The molecule has 4 heteroatoms. The summed E-state index contributed by atoms with van der Waals surface area (Å²) in [5.74, 6) is 1.22. The monoisotopic (exact) mass is 210 g/mol. The standard InChI is InChI=1S/C10H11ClN2O/c1-6(2)5-8-13-10-9(14-8)7(11)3-4-12-10/h3-4,6H,5H2,1-2H3. The van der Waals surface area contributed by atoms with Crippen molar-refractivity contribution in [3.63, 3.8) is 0 Å². The molecule has 0 atom stereocenters. The molecule has 2 aromatic heterocycles. The highest BCUT2D eigenvalue weighted by atomic mass is 35.5. The van der Waals surface area contributed by atoms with Crippen LogP contribution in [0.3, 0.4) is 0 Å². The van der Waals surface area contributed by atoms with Crippen LogP contribution in [0.15, 0.2) is 16.7 Å². The van der Waals surface area contributed by atoms with Crippen molar-refractivity contribution in [1.29, 1.82) is 0 Å². The Labute approximate surface area is 87.1 Å². The fourth-order valence-corrected chi connectivity index (χ4v) is 1.46. The van der Waals surface area contributed by atoms with Crippen molar-refractivity contribution in [3.8, 4) is 0 Å². The molecule has 0 amide bonds. The van der Waals surface area contributed by atoms with Gasteiger partial charge in [0.05, 0.1) is 5.02 Å². The molecule has 0 spiro atoms. The van der Waals surface area contributed by atoms with Crippen LogP contribution in [-0.2, 0) is 6.42 Å². The summed E-state index contributed by atoms with van der Waals surface area (Å²) >= 11 is 5.93. The number of pyridine rings is 1. The molecule has 0 bridgehead atoms. The zero-order valence-electron chi connectivity index (χ0n) is 8.12. The normalized spacial score (nSPS) is 11.4. The molecule has 3 nitrogen and oxygen atoms in total. The van der Waals surface area contributed by atoms with Crippen LogP contribution in [0.5, 0.6) is 0 Å². The lowest BCUT2D eigenvalue weighted by molar-refractivity contribution is 0.482. The molecule has 2 heterocycles. The molecule has 0 aromatic carbocycles. The first-order valence-electron chi connectivity index (χ1n) is 4.56. The van der Waals surface area contributed by atoms with Crippen LogP contribution in [0.2, 0.25) is 5.02 Å². The lowest BCUT2D eigenvalue weighted by Crippen LogP contribution is -1.93. The summed E-state index contributed by atoms with van der Waals surface area (Å²) in [5, 5.41) is 0.567. The molecule has 0 aliphatic rings. The van der Waals surface area contributed by atoms with Crippen molar-refractivity contribution in [1.82, 2.24) is 9.97 Å². The fraction of sp³-hybridized carbons (Fsp3) is 0.400. The predicted molar refractivity (Wildman–Crippen MR) is 55.4 cm³/mol. The van der Waals surface area contributed by atoms with Gasteiger partial charge < -0.3 is 4.42 Å². The Morgan fingerprint density at radius 2 is 2.29 bits per heavy atom. The van der Waals surface area contributed by atoms with Gasteiger partial charge in [-0.1, -0.05) is 25.4 Å². The summed E-state index contributed by atoms with van der Waals surface area (Å²) in [4.78, 5) is 8.33. The van der Waals surface area contributed by atoms with E-state index in [0.29, 0.717) is 28.1 Å². The molecule has 0 saturated carbocycles. The summed E-state index contributed by atoms with van der Waals surface area (Å²) in [6.07, 6.45) is 2.44. The number of nitrogens with zero attached hydrogens (tertiary/aromatic N) is 2. The Kier molecular flexibility index (Phi) is 2.42. The van der Waals surface area contributed by atoms with Gasteiger partial charge >= 0.3 is 0 Å². The predicted octanol–water partition coefficient (Wildman–Crippen LogP) is 3.07. The largest absolute Gasteiger partial charge is 0.437 e. The smallest absolute Gasteiger partial charge is 0.200 e. The van der Waals surface area contributed by atoms with E-state index in [4.69, 9.17) is 16.0 Å². The van der Waals surface area contributed by atoms with E-state index < -0.39 is 0 Å². The van der Waals surface area contributed by atoms with Crippen molar-refractivity contribution in [2.45, 2.75) is 20.3 Å². The molecular formula is C10H11ClN2O. The maximum Gasteiger partial charge on any atom is 0.200 e. The fourth-order valence-electron chi connectivity index (χ4n) is 1.28. The van der Waals surface area contributed by atoms with E-state index in [2.05, 4.69) is 23.8 Å². The van der Waals surface area contributed by atoms with Gasteiger partial charge in [0.25, 0.3) is 0 Å². The van der Waals surface area contributed by atoms with Crippen LogP contribution < -0.4 is 0 Å².